The molecule has 0 aliphatic rings. The van der Waals surface area contributed by atoms with Gasteiger partial charge >= 0.3 is 0 Å². The minimum Gasteiger partial charge on any atom is -0.366 e. The SMILES string of the molecule is CC(C)(C)c1ccc(SCC(=O)Nc2c[nH]ccc2=O)cc1. The Labute approximate surface area is 134 Å². The Morgan fingerprint density at radius 1 is 1.18 bits per heavy atom. The van der Waals surface area contributed by atoms with Gasteiger partial charge in [-0.1, -0.05) is 32.9 Å². The summed E-state index contributed by atoms with van der Waals surface area (Å²) in [5.41, 5.74) is 1.45. The van der Waals surface area contributed by atoms with Crippen LogP contribution in [0.5, 0.6) is 0 Å². The lowest BCUT2D eigenvalue weighted by Crippen LogP contribution is -2.19. The summed E-state index contributed by atoms with van der Waals surface area (Å²) < 4.78 is 0. The molecule has 0 radical (unpaired) electrons. The van der Waals surface area contributed by atoms with Crippen LogP contribution in [-0.2, 0) is 10.2 Å². The van der Waals surface area contributed by atoms with Crippen molar-refractivity contribution >= 4 is 23.4 Å². The molecule has 1 aromatic heterocycles. The molecule has 0 aliphatic heterocycles. The summed E-state index contributed by atoms with van der Waals surface area (Å²) in [5.74, 6) is 0.0741. The van der Waals surface area contributed by atoms with Crippen LogP contribution in [0.2, 0.25) is 0 Å². The largest absolute Gasteiger partial charge is 0.366 e. The van der Waals surface area contributed by atoms with Gasteiger partial charge in [-0.25, -0.2) is 0 Å². The molecule has 0 fully saturated rings. The van der Waals surface area contributed by atoms with Gasteiger partial charge in [-0.3, -0.25) is 9.59 Å². The van der Waals surface area contributed by atoms with E-state index in [1.54, 1.807) is 0 Å². The molecule has 0 bridgehead atoms. The van der Waals surface area contributed by atoms with Crippen molar-refractivity contribution in [3.8, 4) is 0 Å². The number of carbonyl (C=O) groups is 1. The summed E-state index contributed by atoms with van der Waals surface area (Å²) in [6.07, 6.45) is 3.02. The second-order valence-corrected chi connectivity index (χ2v) is 7.08. The maximum Gasteiger partial charge on any atom is 0.234 e. The number of aromatic nitrogens is 1. The number of amides is 1. The van der Waals surface area contributed by atoms with Gasteiger partial charge in [0, 0.05) is 23.4 Å². The van der Waals surface area contributed by atoms with E-state index in [1.807, 2.05) is 12.1 Å². The molecular weight excluding hydrogens is 296 g/mol. The molecule has 22 heavy (non-hydrogen) atoms. The number of rotatable bonds is 4. The molecule has 0 aliphatic carbocycles. The van der Waals surface area contributed by atoms with Crippen LogP contribution in [0.1, 0.15) is 26.3 Å². The van der Waals surface area contributed by atoms with Gasteiger partial charge in [0.2, 0.25) is 11.3 Å². The van der Waals surface area contributed by atoms with Crippen LogP contribution >= 0.6 is 11.8 Å². The Morgan fingerprint density at radius 3 is 2.45 bits per heavy atom. The molecule has 0 saturated carbocycles. The first kappa shape index (κ1) is 16.4. The molecule has 2 aromatic rings. The van der Waals surface area contributed by atoms with Gasteiger partial charge in [0.25, 0.3) is 0 Å². The van der Waals surface area contributed by atoms with Gasteiger partial charge in [-0.2, -0.15) is 0 Å². The summed E-state index contributed by atoms with van der Waals surface area (Å²) in [7, 11) is 0. The van der Waals surface area contributed by atoms with E-state index < -0.39 is 0 Å². The number of pyridine rings is 1. The van der Waals surface area contributed by atoms with Crippen molar-refractivity contribution in [1.29, 1.82) is 0 Å². The molecule has 1 heterocycles. The van der Waals surface area contributed by atoms with E-state index in [0.29, 0.717) is 0 Å². The summed E-state index contributed by atoms with van der Waals surface area (Å²) in [4.78, 5) is 27.2. The van der Waals surface area contributed by atoms with Gasteiger partial charge in [-0.15, -0.1) is 11.8 Å². The third kappa shape index (κ3) is 4.49. The quantitative estimate of drug-likeness (QED) is 0.850. The van der Waals surface area contributed by atoms with E-state index in [9.17, 15) is 9.59 Å². The molecule has 0 atom stereocenters. The van der Waals surface area contributed by atoms with Gasteiger partial charge in [0.15, 0.2) is 0 Å². The highest BCUT2D eigenvalue weighted by Crippen LogP contribution is 2.25. The number of nitrogens with one attached hydrogen (secondary N) is 2. The fourth-order valence-electron chi connectivity index (χ4n) is 1.90. The maximum atomic E-state index is 11.9. The zero-order chi connectivity index (χ0) is 16.2. The number of hydrogen-bond donors (Lipinski definition) is 2. The highest BCUT2D eigenvalue weighted by atomic mass is 32.2. The summed E-state index contributed by atoms with van der Waals surface area (Å²) in [5, 5.41) is 2.61. The van der Waals surface area contributed by atoms with E-state index in [0.717, 1.165) is 4.90 Å². The van der Waals surface area contributed by atoms with E-state index in [4.69, 9.17) is 0 Å². The monoisotopic (exact) mass is 316 g/mol. The Balaban J connectivity index is 1.91. The molecule has 116 valence electrons. The predicted octanol–water partition coefficient (Wildman–Crippen LogP) is 3.40. The number of aromatic amines is 1. The number of carbonyl (C=O) groups excluding carboxylic acids is 1. The second kappa shape index (κ2) is 6.83. The molecule has 0 spiro atoms. The van der Waals surface area contributed by atoms with Crippen LogP contribution in [0, 0.1) is 0 Å². The number of thioether (sulfide) groups is 1. The van der Waals surface area contributed by atoms with Crippen LogP contribution in [0.3, 0.4) is 0 Å². The first-order valence-corrected chi connectivity index (χ1v) is 8.05. The highest BCUT2D eigenvalue weighted by molar-refractivity contribution is 8.00. The fraction of sp³-hybridized carbons (Fsp3) is 0.294. The molecular formula is C17H20N2O2S. The molecule has 1 amide bonds. The van der Waals surface area contributed by atoms with Crippen LogP contribution in [-0.4, -0.2) is 16.6 Å². The van der Waals surface area contributed by atoms with E-state index in [1.165, 1.54) is 35.8 Å². The lowest BCUT2D eigenvalue weighted by molar-refractivity contribution is -0.113. The van der Waals surface area contributed by atoms with Crippen molar-refractivity contribution in [1.82, 2.24) is 4.98 Å². The Hall–Kier alpha value is -2.01. The minimum absolute atomic E-state index is 0.120. The Kier molecular flexibility index (Phi) is 5.08. The van der Waals surface area contributed by atoms with Gasteiger partial charge < -0.3 is 10.3 Å². The first-order valence-electron chi connectivity index (χ1n) is 7.06. The maximum absolute atomic E-state index is 11.9. The van der Waals surface area contributed by atoms with Gasteiger partial charge in [-0.05, 0) is 23.1 Å². The van der Waals surface area contributed by atoms with Gasteiger partial charge in [0.1, 0.15) is 5.69 Å². The van der Waals surface area contributed by atoms with E-state index in [2.05, 4.69) is 43.2 Å². The van der Waals surface area contributed by atoms with Crippen LogP contribution < -0.4 is 10.7 Å². The van der Waals surface area contributed by atoms with Crippen LogP contribution in [0.15, 0.2) is 52.4 Å². The van der Waals surface area contributed by atoms with Crippen LogP contribution in [0.25, 0.3) is 0 Å². The molecule has 1 aromatic carbocycles. The van der Waals surface area contributed by atoms with Gasteiger partial charge in [0.05, 0.1) is 5.75 Å². The van der Waals surface area contributed by atoms with E-state index >= 15 is 0 Å². The molecule has 5 heteroatoms. The zero-order valence-corrected chi connectivity index (χ0v) is 13.8. The number of benzene rings is 1. The van der Waals surface area contributed by atoms with Crippen molar-refractivity contribution < 1.29 is 4.79 Å². The van der Waals surface area contributed by atoms with Crippen LogP contribution in [0.4, 0.5) is 5.69 Å². The second-order valence-electron chi connectivity index (χ2n) is 6.03. The number of anilines is 1. The Morgan fingerprint density at radius 2 is 1.86 bits per heavy atom. The van der Waals surface area contributed by atoms with Crippen molar-refractivity contribution in [2.24, 2.45) is 0 Å². The molecule has 2 rings (SSSR count). The molecule has 0 saturated heterocycles. The lowest BCUT2D eigenvalue weighted by atomic mass is 9.87. The zero-order valence-electron chi connectivity index (χ0n) is 13.0. The average Bonchev–Trinajstić information content (AvgIpc) is 2.47. The standard InChI is InChI=1S/C17H20N2O2S/c1-17(2,3)12-4-6-13(7-5-12)22-11-16(21)19-14-10-18-9-8-15(14)20/h4-10H,11H2,1-3H3,(H,18,20)(H,19,21). The lowest BCUT2D eigenvalue weighted by Gasteiger charge is -2.19. The van der Waals surface area contributed by atoms with Crippen molar-refractivity contribution in [2.45, 2.75) is 31.1 Å². The Bertz CT molecular complexity index is 700. The third-order valence-electron chi connectivity index (χ3n) is 3.19. The number of hydrogen-bond acceptors (Lipinski definition) is 3. The number of H-pyrrole nitrogens is 1. The van der Waals surface area contributed by atoms with E-state index in [-0.39, 0.29) is 28.2 Å². The van der Waals surface area contributed by atoms with Crippen molar-refractivity contribution in [3.05, 3.63) is 58.5 Å². The molecule has 4 nitrogen and oxygen atoms in total. The smallest absolute Gasteiger partial charge is 0.234 e. The minimum atomic E-state index is -0.202. The molecule has 2 N–H and O–H groups in total. The van der Waals surface area contributed by atoms with Crippen molar-refractivity contribution in [2.75, 3.05) is 11.1 Å². The predicted molar refractivity (Wildman–Crippen MR) is 91.6 cm³/mol. The third-order valence-corrected chi connectivity index (χ3v) is 4.20. The fourth-order valence-corrected chi connectivity index (χ4v) is 2.60. The summed E-state index contributed by atoms with van der Waals surface area (Å²) >= 11 is 1.45. The first-order chi connectivity index (χ1) is 10.4. The van der Waals surface area contributed by atoms with Crippen molar-refractivity contribution in [3.63, 3.8) is 0 Å². The average molecular weight is 316 g/mol. The summed E-state index contributed by atoms with van der Waals surface area (Å²) in [6.45, 7) is 6.50. The topological polar surface area (TPSA) is 62.0 Å². The highest BCUT2D eigenvalue weighted by Gasteiger charge is 2.13. The normalized spacial score (nSPS) is 11.2. The molecule has 0 unspecified atom stereocenters. The summed E-state index contributed by atoms with van der Waals surface area (Å²) in [6, 6.07) is 9.60.